The summed E-state index contributed by atoms with van der Waals surface area (Å²) in [6, 6.07) is 18.0. The first-order valence-corrected chi connectivity index (χ1v) is 11.5. The van der Waals surface area contributed by atoms with Crippen molar-refractivity contribution in [3.63, 3.8) is 0 Å². The number of anilines is 1. The van der Waals surface area contributed by atoms with Gasteiger partial charge in [0, 0.05) is 22.2 Å². The first-order chi connectivity index (χ1) is 18.2. The molecule has 0 spiro atoms. The fraction of sp³-hybridized carbons (Fsp3) is 0.107. The Labute approximate surface area is 214 Å². The Morgan fingerprint density at radius 3 is 2.50 bits per heavy atom. The predicted molar refractivity (Wildman–Crippen MR) is 140 cm³/mol. The molecule has 7 nitrogen and oxygen atoms in total. The van der Waals surface area contributed by atoms with Crippen LogP contribution in [-0.4, -0.2) is 28.0 Å². The smallest absolute Gasteiger partial charge is 0.416 e. The minimum atomic E-state index is -4.62. The number of ether oxygens (including phenoxy) is 1. The van der Waals surface area contributed by atoms with Crippen LogP contribution in [0.1, 0.15) is 16.7 Å². The van der Waals surface area contributed by atoms with Crippen molar-refractivity contribution in [2.24, 2.45) is 5.10 Å². The molecule has 0 aliphatic heterocycles. The van der Waals surface area contributed by atoms with E-state index in [4.69, 9.17) is 4.74 Å². The molecule has 5 aromatic rings. The molecule has 192 valence electrons. The molecule has 0 bridgehead atoms. The number of rotatable bonds is 5. The first kappa shape index (κ1) is 24.8. The van der Waals surface area contributed by atoms with E-state index in [2.05, 4.69) is 15.5 Å². The minimum Gasteiger partial charge on any atom is -0.497 e. The van der Waals surface area contributed by atoms with Crippen LogP contribution in [0.2, 0.25) is 0 Å². The van der Waals surface area contributed by atoms with E-state index < -0.39 is 23.2 Å². The van der Waals surface area contributed by atoms with Gasteiger partial charge in [-0.15, -0.1) is 0 Å². The van der Waals surface area contributed by atoms with Gasteiger partial charge in [0.15, 0.2) is 0 Å². The van der Waals surface area contributed by atoms with E-state index in [1.807, 2.05) is 19.1 Å². The van der Waals surface area contributed by atoms with Crippen molar-refractivity contribution in [2.75, 3.05) is 12.5 Å². The highest BCUT2D eigenvalue weighted by atomic mass is 19.4. The van der Waals surface area contributed by atoms with E-state index >= 15 is 0 Å². The Hall–Kier alpha value is -4.86. The number of pyridine rings is 2. The molecule has 38 heavy (non-hydrogen) atoms. The number of hydrogen-bond acceptors (Lipinski definition) is 6. The van der Waals surface area contributed by atoms with Crippen molar-refractivity contribution in [2.45, 2.75) is 13.1 Å². The Morgan fingerprint density at radius 1 is 1.00 bits per heavy atom. The zero-order valence-electron chi connectivity index (χ0n) is 20.2. The zero-order valence-corrected chi connectivity index (χ0v) is 20.2. The van der Waals surface area contributed by atoms with Crippen molar-refractivity contribution in [3.05, 3.63) is 99.8 Å². The molecule has 5 rings (SSSR count). The molecule has 0 amide bonds. The molecule has 0 saturated heterocycles. The Kier molecular flexibility index (Phi) is 6.23. The number of hydrogen-bond donors (Lipinski definition) is 2. The Bertz CT molecular complexity index is 1780. The molecule has 0 radical (unpaired) electrons. The monoisotopic (exact) mass is 518 g/mol. The van der Waals surface area contributed by atoms with Gasteiger partial charge in [-0.3, -0.25) is 10.2 Å². The second-order valence-electron chi connectivity index (χ2n) is 8.55. The van der Waals surface area contributed by atoms with Gasteiger partial charge in [-0.05, 0) is 55.0 Å². The summed E-state index contributed by atoms with van der Waals surface area (Å²) in [5.74, 6) is 0.527. The van der Waals surface area contributed by atoms with Crippen LogP contribution in [0.15, 0.2) is 82.7 Å². The second kappa shape index (κ2) is 9.55. The lowest BCUT2D eigenvalue weighted by Gasteiger charge is -2.15. The van der Waals surface area contributed by atoms with Gasteiger partial charge in [-0.25, -0.2) is 9.55 Å². The van der Waals surface area contributed by atoms with Crippen LogP contribution in [0.3, 0.4) is 0 Å². The summed E-state index contributed by atoms with van der Waals surface area (Å²) in [7, 11) is 1.57. The lowest BCUT2D eigenvalue weighted by molar-refractivity contribution is -0.137. The molecule has 0 unspecified atom stereocenters. The number of halogens is 3. The third-order valence-electron chi connectivity index (χ3n) is 6.13. The predicted octanol–water partition coefficient (Wildman–Crippen LogP) is 6.03. The SMILES string of the molecule is COc1ccc2c(C)cc(N/N=C/c3c(O)n(-c4cccc(C(F)(F)F)c4)c(=O)c4ccccc34)nc2c1. The molecule has 3 aromatic carbocycles. The van der Waals surface area contributed by atoms with Crippen molar-refractivity contribution < 1.29 is 23.0 Å². The zero-order chi connectivity index (χ0) is 27.0. The van der Waals surface area contributed by atoms with E-state index in [-0.39, 0.29) is 16.6 Å². The number of nitrogens with one attached hydrogen (secondary N) is 1. The summed E-state index contributed by atoms with van der Waals surface area (Å²) in [4.78, 5) is 17.8. The van der Waals surface area contributed by atoms with Gasteiger partial charge < -0.3 is 9.84 Å². The number of benzene rings is 3. The van der Waals surface area contributed by atoms with Gasteiger partial charge in [-0.1, -0.05) is 24.3 Å². The molecule has 0 aliphatic carbocycles. The van der Waals surface area contributed by atoms with E-state index in [1.165, 1.54) is 24.4 Å². The fourth-order valence-electron chi connectivity index (χ4n) is 4.28. The maximum absolute atomic E-state index is 13.3. The highest BCUT2D eigenvalue weighted by molar-refractivity contribution is 6.02. The van der Waals surface area contributed by atoms with Gasteiger partial charge in [-0.2, -0.15) is 18.3 Å². The quantitative estimate of drug-likeness (QED) is 0.219. The van der Waals surface area contributed by atoms with Crippen molar-refractivity contribution in [1.29, 1.82) is 0 Å². The summed E-state index contributed by atoms with van der Waals surface area (Å²) >= 11 is 0. The third-order valence-corrected chi connectivity index (χ3v) is 6.13. The molecule has 2 N–H and O–H groups in total. The van der Waals surface area contributed by atoms with Crippen LogP contribution in [0.4, 0.5) is 19.0 Å². The molecule has 0 aliphatic rings. The highest BCUT2D eigenvalue weighted by Crippen LogP contribution is 2.32. The molecular weight excluding hydrogens is 497 g/mol. The van der Waals surface area contributed by atoms with Crippen LogP contribution < -0.4 is 15.7 Å². The number of nitrogens with zero attached hydrogens (tertiary/aromatic N) is 3. The molecule has 0 atom stereocenters. The molecule has 10 heteroatoms. The normalized spacial score (nSPS) is 11.9. The van der Waals surface area contributed by atoms with Crippen LogP contribution >= 0.6 is 0 Å². The summed E-state index contributed by atoms with van der Waals surface area (Å²) in [6.07, 6.45) is -3.32. The number of methoxy groups -OCH3 is 1. The van der Waals surface area contributed by atoms with Crippen LogP contribution in [0.5, 0.6) is 11.6 Å². The van der Waals surface area contributed by atoms with E-state index in [1.54, 1.807) is 37.4 Å². The molecule has 0 fully saturated rings. The van der Waals surface area contributed by atoms with Gasteiger partial charge in [0.25, 0.3) is 5.56 Å². The van der Waals surface area contributed by atoms with Crippen LogP contribution in [-0.2, 0) is 6.18 Å². The highest BCUT2D eigenvalue weighted by Gasteiger charge is 2.31. The van der Waals surface area contributed by atoms with E-state index in [0.717, 1.165) is 27.6 Å². The Balaban J connectivity index is 1.59. The number of alkyl halides is 3. The van der Waals surface area contributed by atoms with Crippen LogP contribution in [0.25, 0.3) is 27.4 Å². The maximum Gasteiger partial charge on any atom is 0.416 e. The molecule has 2 heterocycles. The summed E-state index contributed by atoms with van der Waals surface area (Å²) < 4.78 is 46.1. The summed E-state index contributed by atoms with van der Waals surface area (Å²) in [5, 5.41) is 16.8. The molecular formula is C28H21F3N4O3. The third kappa shape index (κ3) is 4.52. The number of aryl methyl sites for hydroxylation is 1. The van der Waals surface area contributed by atoms with Gasteiger partial charge in [0.2, 0.25) is 5.88 Å². The average molecular weight is 518 g/mol. The number of aromatic hydroxyl groups is 1. The topological polar surface area (TPSA) is 88.7 Å². The van der Waals surface area contributed by atoms with Gasteiger partial charge in [0.05, 0.1) is 35.7 Å². The van der Waals surface area contributed by atoms with Crippen LogP contribution in [0, 0.1) is 6.92 Å². The maximum atomic E-state index is 13.3. The number of aromatic nitrogens is 2. The average Bonchev–Trinajstić information content (AvgIpc) is 2.90. The van der Waals surface area contributed by atoms with Gasteiger partial charge >= 0.3 is 6.18 Å². The van der Waals surface area contributed by atoms with Crippen molar-refractivity contribution >= 4 is 33.7 Å². The van der Waals surface area contributed by atoms with E-state index in [0.29, 0.717) is 22.5 Å². The fourth-order valence-corrected chi connectivity index (χ4v) is 4.28. The number of hydrazone groups is 1. The summed E-state index contributed by atoms with van der Waals surface area (Å²) in [5.41, 5.74) is 2.87. The standard InChI is InChI=1S/C28H21F3N4O3/c1-16-12-25(33-24-14-19(38-2)10-11-20(16)24)34-32-15-23-21-8-3-4-9-22(21)26(36)35(27(23)37)18-7-5-6-17(13-18)28(29,30)31/h3-15,37H,1-2H3,(H,33,34)/b32-15+. The Morgan fingerprint density at radius 2 is 1.76 bits per heavy atom. The largest absolute Gasteiger partial charge is 0.497 e. The van der Waals surface area contributed by atoms with Crippen molar-refractivity contribution in [3.8, 4) is 17.3 Å². The minimum absolute atomic E-state index is 0.128. The lowest BCUT2D eigenvalue weighted by Crippen LogP contribution is -2.20. The number of fused-ring (bicyclic) bond motifs is 2. The molecule has 0 saturated carbocycles. The van der Waals surface area contributed by atoms with Gasteiger partial charge in [0.1, 0.15) is 11.6 Å². The molecule has 2 aromatic heterocycles. The van der Waals surface area contributed by atoms with Crippen molar-refractivity contribution in [1.82, 2.24) is 9.55 Å². The van der Waals surface area contributed by atoms with E-state index in [9.17, 15) is 23.1 Å². The first-order valence-electron chi connectivity index (χ1n) is 11.5. The summed E-state index contributed by atoms with van der Waals surface area (Å²) in [6.45, 7) is 1.93. The second-order valence-corrected chi connectivity index (χ2v) is 8.55. The lowest BCUT2D eigenvalue weighted by atomic mass is 10.1.